The van der Waals surface area contributed by atoms with E-state index in [9.17, 15) is 4.79 Å². The molecular weight excluding hydrogens is 316 g/mol. The molecule has 0 aliphatic carbocycles. The van der Waals surface area contributed by atoms with E-state index in [1.807, 2.05) is 25.1 Å². The van der Waals surface area contributed by atoms with Crippen LogP contribution in [0, 0.1) is 13.8 Å². The third-order valence-electron chi connectivity index (χ3n) is 3.04. The number of amides is 1. The van der Waals surface area contributed by atoms with Gasteiger partial charge in [-0.05, 0) is 53.4 Å². The monoisotopic (exact) mass is 332 g/mol. The summed E-state index contributed by atoms with van der Waals surface area (Å²) in [6, 6.07) is 10.1. The largest absolute Gasteiger partial charge is 0.311 e. The van der Waals surface area contributed by atoms with Gasteiger partial charge in [-0.3, -0.25) is 4.79 Å². The van der Waals surface area contributed by atoms with Gasteiger partial charge in [0.05, 0.1) is 0 Å². The van der Waals surface area contributed by atoms with Crippen molar-refractivity contribution in [2.75, 3.05) is 5.32 Å². The van der Waals surface area contributed by atoms with Gasteiger partial charge in [0.25, 0.3) is 0 Å². The lowest BCUT2D eigenvalue weighted by molar-refractivity contribution is -0.116. The first-order chi connectivity index (χ1) is 9.54. The smallest absolute Gasteiger partial charge is 0.225 e. The van der Waals surface area contributed by atoms with Crippen molar-refractivity contribution in [2.45, 2.75) is 26.7 Å². The molecule has 0 aliphatic heterocycles. The number of aromatic nitrogens is 1. The normalized spacial score (nSPS) is 10.3. The van der Waals surface area contributed by atoms with Gasteiger partial charge in [0, 0.05) is 17.1 Å². The third kappa shape index (κ3) is 4.17. The van der Waals surface area contributed by atoms with E-state index < -0.39 is 0 Å². The van der Waals surface area contributed by atoms with Gasteiger partial charge in [-0.2, -0.15) is 0 Å². The quantitative estimate of drug-likeness (QED) is 0.918. The summed E-state index contributed by atoms with van der Waals surface area (Å²) >= 11 is 3.39. The van der Waals surface area contributed by atoms with Crippen LogP contribution in [0.25, 0.3) is 0 Å². The highest BCUT2D eigenvalue weighted by Crippen LogP contribution is 2.17. The predicted octanol–water partition coefficient (Wildman–Crippen LogP) is 4.03. The zero-order chi connectivity index (χ0) is 14.5. The summed E-state index contributed by atoms with van der Waals surface area (Å²) in [6.45, 7) is 4.02. The second kappa shape index (κ2) is 6.66. The minimum Gasteiger partial charge on any atom is -0.311 e. The second-order valence-electron chi connectivity index (χ2n) is 4.86. The number of aryl methyl sites for hydroxylation is 3. The molecule has 1 aromatic carbocycles. The number of nitrogens with one attached hydrogen (secondary N) is 1. The Balaban J connectivity index is 1.91. The minimum atomic E-state index is -0.0132. The van der Waals surface area contributed by atoms with Crippen LogP contribution in [-0.4, -0.2) is 10.9 Å². The van der Waals surface area contributed by atoms with Gasteiger partial charge >= 0.3 is 0 Å². The summed E-state index contributed by atoms with van der Waals surface area (Å²) < 4.78 is 0.940. The van der Waals surface area contributed by atoms with Crippen LogP contribution in [0.2, 0.25) is 0 Å². The summed E-state index contributed by atoms with van der Waals surface area (Å²) in [5.41, 5.74) is 3.45. The van der Waals surface area contributed by atoms with Crippen molar-refractivity contribution < 1.29 is 4.79 Å². The molecule has 104 valence electrons. The summed E-state index contributed by atoms with van der Waals surface area (Å²) in [7, 11) is 0. The van der Waals surface area contributed by atoms with Gasteiger partial charge < -0.3 is 5.32 Å². The molecule has 0 unspecified atom stereocenters. The molecule has 1 aromatic heterocycles. The van der Waals surface area contributed by atoms with Crippen molar-refractivity contribution in [2.24, 2.45) is 0 Å². The van der Waals surface area contributed by atoms with Crippen molar-refractivity contribution in [3.63, 3.8) is 0 Å². The van der Waals surface area contributed by atoms with Gasteiger partial charge in [0.15, 0.2) is 0 Å². The second-order valence-corrected chi connectivity index (χ2v) is 5.71. The van der Waals surface area contributed by atoms with Gasteiger partial charge in [-0.25, -0.2) is 4.98 Å². The number of carbonyl (C=O) groups is 1. The van der Waals surface area contributed by atoms with Crippen LogP contribution in [0.15, 0.2) is 41.0 Å². The van der Waals surface area contributed by atoms with E-state index in [4.69, 9.17) is 0 Å². The van der Waals surface area contributed by atoms with E-state index in [0.29, 0.717) is 12.2 Å². The van der Waals surface area contributed by atoms with Crippen LogP contribution in [-0.2, 0) is 11.2 Å². The van der Waals surface area contributed by atoms with Crippen molar-refractivity contribution >= 4 is 27.7 Å². The summed E-state index contributed by atoms with van der Waals surface area (Å²) in [4.78, 5) is 16.1. The average Bonchev–Trinajstić information content (AvgIpc) is 2.41. The number of benzene rings is 1. The topological polar surface area (TPSA) is 42.0 Å². The lowest BCUT2D eigenvalue weighted by Gasteiger charge is -2.06. The Morgan fingerprint density at radius 3 is 2.80 bits per heavy atom. The number of rotatable bonds is 4. The number of carbonyl (C=O) groups excluding carboxylic acids is 1. The molecule has 2 aromatic rings. The number of pyridine rings is 1. The lowest BCUT2D eigenvalue weighted by Crippen LogP contribution is -2.13. The molecule has 0 saturated heterocycles. The first-order valence-corrected chi connectivity index (χ1v) is 7.31. The molecule has 1 heterocycles. The highest BCUT2D eigenvalue weighted by molar-refractivity contribution is 9.10. The molecule has 3 nitrogen and oxygen atoms in total. The molecular formula is C16H17BrN2O. The van der Waals surface area contributed by atoms with Crippen LogP contribution in [0.4, 0.5) is 5.82 Å². The van der Waals surface area contributed by atoms with Gasteiger partial charge in [0.1, 0.15) is 5.82 Å². The summed E-state index contributed by atoms with van der Waals surface area (Å²) in [5.74, 6) is 0.584. The maximum absolute atomic E-state index is 11.9. The maximum atomic E-state index is 11.9. The van der Waals surface area contributed by atoms with Gasteiger partial charge in [-0.1, -0.05) is 29.8 Å². The first kappa shape index (κ1) is 14.7. The Morgan fingerprint density at radius 2 is 2.10 bits per heavy atom. The van der Waals surface area contributed by atoms with E-state index in [2.05, 4.69) is 45.3 Å². The molecule has 0 radical (unpaired) electrons. The molecule has 0 fully saturated rings. The van der Waals surface area contributed by atoms with Crippen LogP contribution >= 0.6 is 15.9 Å². The molecule has 0 bridgehead atoms. The number of anilines is 1. The Kier molecular flexibility index (Phi) is 4.90. The number of nitrogens with zero attached hydrogens (tertiary/aromatic N) is 1. The van der Waals surface area contributed by atoms with Crippen molar-refractivity contribution in [1.82, 2.24) is 4.98 Å². The standard InChI is InChI=1S/C16H17BrN2O/c1-11-4-3-5-13(8-11)6-7-16(20)19-15-9-12(2)14(17)10-18-15/h3-5,8-10H,6-7H2,1-2H3,(H,18,19,20). The Hall–Kier alpha value is -1.68. The van der Waals surface area contributed by atoms with E-state index in [1.54, 1.807) is 6.20 Å². The zero-order valence-corrected chi connectivity index (χ0v) is 13.2. The number of hydrogen-bond donors (Lipinski definition) is 1. The first-order valence-electron chi connectivity index (χ1n) is 6.52. The van der Waals surface area contributed by atoms with Gasteiger partial charge in [-0.15, -0.1) is 0 Å². The summed E-state index contributed by atoms with van der Waals surface area (Å²) in [5, 5.41) is 2.82. The number of hydrogen-bond acceptors (Lipinski definition) is 2. The number of halogens is 1. The lowest BCUT2D eigenvalue weighted by atomic mass is 10.1. The fraction of sp³-hybridized carbons (Fsp3) is 0.250. The van der Waals surface area contributed by atoms with Crippen LogP contribution in [0.5, 0.6) is 0 Å². The maximum Gasteiger partial charge on any atom is 0.225 e. The minimum absolute atomic E-state index is 0.0132. The zero-order valence-electron chi connectivity index (χ0n) is 11.6. The Morgan fingerprint density at radius 1 is 1.30 bits per heavy atom. The fourth-order valence-corrected chi connectivity index (χ4v) is 2.16. The van der Waals surface area contributed by atoms with Crippen LogP contribution < -0.4 is 5.32 Å². The highest BCUT2D eigenvalue weighted by Gasteiger charge is 2.05. The fourth-order valence-electron chi connectivity index (χ4n) is 1.94. The summed E-state index contributed by atoms with van der Waals surface area (Å²) in [6.07, 6.45) is 2.90. The average molecular weight is 333 g/mol. The third-order valence-corrected chi connectivity index (χ3v) is 3.87. The predicted molar refractivity (Wildman–Crippen MR) is 84.8 cm³/mol. The highest BCUT2D eigenvalue weighted by atomic mass is 79.9. The molecule has 4 heteroatoms. The van der Waals surface area contributed by atoms with E-state index in [1.165, 1.54) is 11.1 Å². The van der Waals surface area contributed by atoms with E-state index in [0.717, 1.165) is 16.5 Å². The SMILES string of the molecule is Cc1cccc(CCC(=O)Nc2cc(C)c(Br)cn2)c1. The molecule has 0 aliphatic rings. The van der Waals surface area contributed by atoms with E-state index >= 15 is 0 Å². The van der Waals surface area contributed by atoms with Crippen molar-refractivity contribution in [3.8, 4) is 0 Å². The van der Waals surface area contributed by atoms with E-state index in [-0.39, 0.29) is 5.91 Å². The van der Waals surface area contributed by atoms with Crippen molar-refractivity contribution in [3.05, 3.63) is 57.7 Å². The van der Waals surface area contributed by atoms with Crippen molar-refractivity contribution in [1.29, 1.82) is 0 Å². The molecule has 1 N–H and O–H groups in total. The molecule has 2 rings (SSSR count). The van der Waals surface area contributed by atoms with Gasteiger partial charge in [0.2, 0.25) is 5.91 Å². The molecule has 0 saturated carbocycles. The van der Waals surface area contributed by atoms with Crippen LogP contribution in [0.3, 0.4) is 0 Å². The van der Waals surface area contributed by atoms with Crippen LogP contribution in [0.1, 0.15) is 23.1 Å². The molecule has 1 amide bonds. The Bertz CT molecular complexity index is 626. The molecule has 0 atom stereocenters. The molecule has 20 heavy (non-hydrogen) atoms. The molecule has 0 spiro atoms. The Labute approximate surface area is 127 Å².